The summed E-state index contributed by atoms with van der Waals surface area (Å²) in [7, 11) is 0. The van der Waals surface area contributed by atoms with E-state index in [0.717, 1.165) is 16.7 Å². The quantitative estimate of drug-likeness (QED) is 0.802. The van der Waals surface area contributed by atoms with Gasteiger partial charge in [0.25, 0.3) is 5.91 Å². The van der Waals surface area contributed by atoms with Crippen molar-refractivity contribution in [2.45, 2.75) is 0 Å². The van der Waals surface area contributed by atoms with Gasteiger partial charge in [-0.15, -0.1) is 0 Å². The fraction of sp³-hybridized carbons (Fsp3) is 0.0556. The van der Waals surface area contributed by atoms with Crippen molar-refractivity contribution >= 4 is 5.91 Å². The summed E-state index contributed by atoms with van der Waals surface area (Å²) in [5, 5.41) is 0. The first-order valence-corrected chi connectivity index (χ1v) is 7.34. The van der Waals surface area contributed by atoms with Gasteiger partial charge >= 0.3 is 0 Å². The van der Waals surface area contributed by atoms with Crippen molar-refractivity contribution in [3.8, 4) is 33.9 Å². The molecule has 1 amide bonds. The highest BCUT2D eigenvalue weighted by molar-refractivity contribution is 5.91. The minimum Gasteiger partial charge on any atom is -0.454 e. The molecule has 3 aromatic rings. The molecular formula is C18H13N3O3. The normalized spacial score (nSPS) is 12.2. The van der Waals surface area contributed by atoms with Gasteiger partial charge in [0, 0.05) is 17.3 Å². The van der Waals surface area contributed by atoms with Crippen molar-refractivity contribution in [3.63, 3.8) is 0 Å². The van der Waals surface area contributed by atoms with Crippen LogP contribution in [0, 0.1) is 0 Å². The van der Waals surface area contributed by atoms with Crippen molar-refractivity contribution in [1.82, 2.24) is 9.97 Å². The Morgan fingerprint density at radius 2 is 1.79 bits per heavy atom. The summed E-state index contributed by atoms with van der Waals surface area (Å²) in [6.07, 6.45) is 1.60. The van der Waals surface area contributed by atoms with Gasteiger partial charge in [0.1, 0.15) is 0 Å². The highest BCUT2D eigenvalue weighted by Gasteiger charge is 2.18. The third-order valence-corrected chi connectivity index (χ3v) is 3.74. The number of amides is 1. The van der Waals surface area contributed by atoms with Crippen LogP contribution in [-0.2, 0) is 0 Å². The highest BCUT2D eigenvalue weighted by Crippen LogP contribution is 2.38. The zero-order valence-corrected chi connectivity index (χ0v) is 12.6. The van der Waals surface area contributed by atoms with Crippen LogP contribution < -0.4 is 15.2 Å². The van der Waals surface area contributed by atoms with Crippen LogP contribution in [0.3, 0.4) is 0 Å². The van der Waals surface area contributed by atoms with E-state index in [4.69, 9.17) is 15.2 Å². The molecule has 0 saturated heterocycles. The average Bonchev–Trinajstić information content (AvgIpc) is 3.09. The molecule has 0 saturated carbocycles. The van der Waals surface area contributed by atoms with Gasteiger partial charge in [0.15, 0.2) is 11.5 Å². The van der Waals surface area contributed by atoms with E-state index >= 15 is 0 Å². The Hall–Kier alpha value is -3.41. The van der Waals surface area contributed by atoms with E-state index in [2.05, 4.69) is 9.97 Å². The summed E-state index contributed by atoms with van der Waals surface area (Å²) in [6.45, 7) is 0.210. The van der Waals surface area contributed by atoms with Crippen LogP contribution >= 0.6 is 0 Å². The summed E-state index contributed by atoms with van der Waals surface area (Å²) in [6, 6.07) is 15.2. The molecule has 118 valence electrons. The molecule has 0 aliphatic carbocycles. The number of fused-ring (bicyclic) bond motifs is 1. The highest BCUT2D eigenvalue weighted by atomic mass is 16.7. The lowest BCUT2D eigenvalue weighted by Gasteiger charge is -2.10. The molecule has 24 heavy (non-hydrogen) atoms. The molecule has 1 aliphatic heterocycles. The topological polar surface area (TPSA) is 87.3 Å². The summed E-state index contributed by atoms with van der Waals surface area (Å²) >= 11 is 0. The Labute approximate surface area is 137 Å². The van der Waals surface area contributed by atoms with E-state index in [-0.39, 0.29) is 12.6 Å². The van der Waals surface area contributed by atoms with Gasteiger partial charge in [-0.3, -0.25) is 4.79 Å². The largest absolute Gasteiger partial charge is 0.454 e. The third kappa shape index (κ3) is 2.44. The summed E-state index contributed by atoms with van der Waals surface area (Å²) in [4.78, 5) is 19.9. The van der Waals surface area contributed by atoms with Crippen molar-refractivity contribution in [2.24, 2.45) is 5.73 Å². The van der Waals surface area contributed by atoms with Crippen LogP contribution in [0.25, 0.3) is 22.4 Å². The zero-order chi connectivity index (χ0) is 16.5. The Bertz CT molecular complexity index is 926. The average molecular weight is 319 g/mol. The first-order chi connectivity index (χ1) is 11.7. The van der Waals surface area contributed by atoms with Gasteiger partial charge in [0.2, 0.25) is 12.6 Å². The van der Waals surface area contributed by atoms with E-state index in [1.54, 1.807) is 6.20 Å². The summed E-state index contributed by atoms with van der Waals surface area (Å²) < 4.78 is 10.8. The molecule has 1 aliphatic rings. The zero-order valence-electron chi connectivity index (χ0n) is 12.6. The number of hydrogen-bond donors (Lipinski definition) is 1. The van der Waals surface area contributed by atoms with Crippen molar-refractivity contribution < 1.29 is 14.3 Å². The van der Waals surface area contributed by atoms with E-state index in [9.17, 15) is 4.79 Å². The monoisotopic (exact) mass is 319 g/mol. The third-order valence-electron chi connectivity index (χ3n) is 3.74. The predicted octanol–water partition coefficient (Wildman–Crippen LogP) is 2.64. The van der Waals surface area contributed by atoms with Gasteiger partial charge < -0.3 is 15.2 Å². The van der Waals surface area contributed by atoms with Gasteiger partial charge in [-0.25, -0.2) is 9.97 Å². The lowest BCUT2D eigenvalue weighted by molar-refractivity contribution is 0.0990. The fourth-order valence-corrected chi connectivity index (χ4v) is 2.59. The SMILES string of the molecule is NC(=O)c1ncc(-c2ccc3c(c2)OCO3)c(-c2ccccc2)n1. The number of primary amides is 1. The molecule has 6 heteroatoms. The molecule has 0 unspecified atom stereocenters. The molecule has 4 rings (SSSR count). The predicted molar refractivity (Wildman–Crippen MR) is 87.5 cm³/mol. The molecule has 0 bridgehead atoms. The molecule has 2 N–H and O–H groups in total. The van der Waals surface area contributed by atoms with Gasteiger partial charge in [0.05, 0.1) is 5.69 Å². The number of carbonyl (C=O) groups excluding carboxylic acids is 1. The minimum absolute atomic E-state index is 0.0154. The first-order valence-electron chi connectivity index (χ1n) is 7.34. The molecular weight excluding hydrogens is 306 g/mol. The number of benzene rings is 2. The Kier molecular flexibility index (Phi) is 3.35. The van der Waals surface area contributed by atoms with Crippen LogP contribution in [0.1, 0.15) is 10.6 Å². The molecule has 0 atom stereocenters. The van der Waals surface area contributed by atoms with Crippen LogP contribution in [0.2, 0.25) is 0 Å². The standard InChI is InChI=1S/C18H13N3O3/c19-17(22)18-20-9-13(16(21-18)11-4-2-1-3-5-11)12-6-7-14-15(8-12)24-10-23-14/h1-9H,10H2,(H2,19,22). The van der Waals surface area contributed by atoms with Gasteiger partial charge in [-0.1, -0.05) is 36.4 Å². The number of ether oxygens (including phenoxy) is 2. The lowest BCUT2D eigenvalue weighted by atomic mass is 10.0. The number of aromatic nitrogens is 2. The molecule has 0 radical (unpaired) electrons. The van der Waals surface area contributed by atoms with Crippen molar-refractivity contribution in [3.05, 3.63) is 60.6 Å². The lowest BCUT2D eigenvalue weighted by Crippen LogP contribution is -2.15. The summed E-state index contributed by atoms with van der Waals surface area (Å²) in [5.74, 6) is 0.697. The van der Waals surface area contributed by atoms with Crippen molar-refractivity contribution in [1.29, 1.82) is 0 Å². The van der Waals surface area contributed by atoms with E-state index < -0.39 is 5.91 Å². The Morgan fingerprint density at radius 3 is 2.58 bits per heavy atom. The van der Waals surface area contributed by atoms with Gasteiger partial charge in [-0.05, 0) is 17.7 Å². The smallest absolute Gasteiger partial charge is 0.286 e. The van der Waals surface area contributed by atoms with Gasteiger partial charge in [-0.2, -0.15) is 0 Å². The molecule has 0 fully saturated rings. The van der Waals surface area contributed by atoms with E-state index in [1.165, 1.54) is 0 Å². The first kappa shape index (κ1) is 14.2. The van der Waals surface area contributed by atoms with Crippen LogP contribution in [-0.4, -0.2) is 22.7 Å². The number of nitrogens with two attached hydrogens (primary N) is 1. The number of carbonyl (C=O) groups is 1. The second-order valence-electron chi connectivity index (χ2n) is 5.25. The Morgan fingerprint density at radius 1 is 1.00 bits per heavy atom. The number of rotatable bonds is 3. The summed E-state index contributed by atoms with van der Waals surface area (Å²) in [5.41, 5.74) is 8.48. The number of hydrogen-bond acceptors (Lipinski definition) is 5. The van der Waals surface area contributed by atoms with E-state index in [0.29, 0.717) is 17.2 Å². The maximum atomic E-state index is 11.4. The van der Waals surface area contributed by atoms with Crippen LogP contribution in [0.4, 0.5) is 0 Å². The molecule has 1 aromatic heterocycles. The second-order valence-corrected chi connectivity index (χ2v) is 5.25. The maximum absolute atomic E-state index is 11.4. The van der Waals surface area contributed by atoms with Crippen LogP contribution in [0.15, 0.2) is 54.7 Å². The molecule has 6 nitrogen and oxygen atoms in total. The number of nitrogens with zero attached hydrogens (tertiary/aromatic N) is 2. The second kappa shape index (κ2) is 5.66. The fourth-order valence-electron chi connectivity index (χ4n) is 2.59. The van der Waals surface area contributed by atoms with Crippen LogP contribution in [0.5, 0.6) is 11.5 Å². The van der Waals surface area contributed by atoms with Crippen molar-refractivity contribution in [2.75, 3.05) is 6.79 Å². The Balaban J connectivity index is 1.90. The van der Waals surface area contributed by atoms with E-state index in [1.807, 2.05) is 48.5 Å². The molecule has 2 aromatic carbocycles. The molecule has 0 spiro atoms. The minimum atomic E-state index is -0.663. The maximum Gasteiger partial charge on any atom is 0.286 e. The molecule has 2 heterocycles.